The zero-order chi connectivity index (χ0) is 12.0. The minimum absolute atomic E-state index is 0.0747. The number of nitrogens with one attached hydrogen (secondary N) is 1. The minimum atomic E-state index is -0.582. The van der Waals surface area contributed by atoms with Crippen LogP contribution in [0.3, 0.4) is 0 Å². The smallest absolute Gasteiger partial charge is 0.409 e. The molecule has 1 amide bonds. The summed E-state index contributed by atoms with van der Waals surface area (Å²) in [5.41, 5.74) is 0. The Morgan fingerprint density at radius 2 is 2.31 bits per heavy atom. The highest BCUT2D eigenvalue weighted by Gasteiger charge is 2.07. The van der Waals surface area contributed by atoms with Crippen LogP contribution in [-0.4, -0.2) is 12.6 Å². The number of hydrogen-bond donors (Lipinski definition) is 1. The number of carbonyl (C=O) groups excluding carboxylic acids is 1. The van der Waals surface area contributed by atoms with Crippen LogP contribution in [0.1, 0.15) is 19.8 Å². The monoisotopic (exact) mass is 245 g/mol. The molecular weight excluding hydrogens is 233 g/mol. The van der Waals surface area contributed by atoms with Gasteiger partial charge in [0, 0.05) is 6.54 Å². The summed E-state index contributed by atoms with van der Waals surface area (Å²) in [5.74, 6) is -0.319. The van der Waals surface area contributed by atoms with E-state index in [1.54, 1.807) is 0 Å². The Hall–Kier alpha value is -1.29. The van der Waals surface area contributed by atoms with Crippen molar-refractivity contribution in [3.63, 3.8) is 0 Å². The zero-order valence-electron chi connectivity index (χ0n) is 8.93. The second kappa shape index (κ2) is 6.33. The van der Waals surface area contributed by atoms with Crippen molar-refractivity contribution in [1.82, 2.24) is 5.32 Å². The molecule has 0 spiro atoms. The van der Waals surface area contributed by atoms with Gasteiger partial charge in [0.25, 0.3) is 0 Å². The number of benzene rings is 1. The molecule has 1 aromatic carbocycles. The Labute approximate surface area is 98.5 Å². The second-order valence-electron chi connectivity index (χ2n) is 3.24. The molecule has 0 fully saturated rings. The maximum atomic E-state index is 12.7. The highest BCUT2D eigenvalue weighted by molar-refractivity contribution is 6.32. The fourth-order valence-electron chi connectivity index (χ4n) is 1.06. The molecule has 0 aromatic heterocycles. The van der Waals surface area contributed by atoms with Gasteiger partial charge < -0.3 is 10.1 Å². The van der Waals surface area contributed by atoms with Gasteiger partial charge in [0.2, 0.25) is 0 Å². The molecule has 0 aliphatic rings. The largest absolute Gasteiger partial charge is 0.412 e. The van der Waals surface area contributed by atoms with Crippen LogP contribution in [-0.2, 0) is 0 Å². The van der Waals surface area contributed by atoms with Gasteiger partial charge in [-0.2, -0.15) is 0 Å². The van der Waals surface area contributed by atoms with Crippen molar-refractivity contribution < 1.29 is 13.9 Å². The molecule has 3 nitrogen and oxygen atoms in total. The normalized spacial score (nSPS) is 9.94. The summed E-state index contributed by atoms with van der Waals surface area (Å²) in [6, 6.07) is 3.59. The summed E-state index contributed by atoms with van der Waals surface area (Å²) in [7, 11) is 0. The molecule has 0 unspecified atom stereocenters. The minimum Gasteiger partial charge on any atom is -0.409 e. The lowest BCUT2D eigenvalue weighted by atomic mass is 10.3. The van der Waals surface area contributed by atoms with Crippen molar-refractivity contribution in [1.29, 1.82) is 0 Å². The van der Waals surface area contributed by atoms with Crippen molar-refractivity contribution in [2.24, 2.45) is 0 Å². The lowest BCUT2D eigenvalue weighted by Crippen LogP contribution is -2.27. The number of rotatable bonds is 4. The number of amides is 1. The maximum Gasteiger partial charge on any atom is 0.412 e. The fraction of sp³-hybridized carbons (Fsp3) is 0.364. The average molecular weight is 246 g/mol. The van der Waals surface area contributed by atoms with Gasteiger partial charge in [-0.15, -0.1) is 0 Å². The molecule has 0 saturated carbocycles. The number of hydrogen-bond acceptors (Lipinski definition) is 2. The fourth-order valence-corrected chi connectivity index (χ4v) is 1.27. The third-order valence-electron chi connectivity index (χ3n) is 1.90. The number of ether oxygens (including phenoxy) is 1. The molecule has 0 radical (unpaired) electrons. The van der Waals surface area contributed by atoms with E-state index in [1.165, 1.54) is 12.1 Å². The van der Waals surface area contributed by atoms with E-state index in [0.29, 0.717) is 6.54 Å². The zero-order valence-corrected chi connectivity index (χ0v) is 9.68. The Balaban J connectivity index is 2.49. The Morgan fingerprint density at radius 3 is 2.94 bits per heavy atom. The third kappa shape index (κ3) is 4.06. The van der Waals surface area contributed by atoms with E-state index in [0.717, 1.165) is 18.9 Å². The van der Waals surface area contributed by atoms with Gasteiger partial charge in [0.1, 0.15) is 5.82 Å². The molecule has 5 heteroatoms. The Bertz CT molecular complexity index is 371. The van der Waals surface area contributed by atoms with E-state index in [-0.39, 0.29) is 10.8 Å². The predicted octanol–water partition coefficient (Wildman–Crippen LogP) is 3.37. The average Bonchev–Trinajstić information content (AvgIpc) is 2.23. The molecule has 0 heterocycles. The third-order valence-corrected chi connectivity index (χ3v) is 2.19. The van der Waals surface area contributed by atoms with Crippen LogP contribution in [0.2, 0.25) is 5.02 Å². The van der Waals surface area contributed by atoms with Crippen LogP contribution in [0.15, 0.2) is 18.2 Å². The van der Waals surface area contributed by atoms with Crippen LogP contribution in [0, 0.1) is 5.82 Å². The number of unbranched alkanes of at least 4 members (excludes halogenated alkanes) is 1. The van der Waals surface area contributed by atoms with Gasteiger partial charge in [0.05, 0.1) is 5.02 Å². The van der Waals surface area contributed by atoms with Gasteiger partial charge in [-0.25, -0.2) is 9.18 Å². The van der Waals surface area contributed by atoms with E-state index in [4.69, 9.17) is 16.3 Å². The Kier molecular flexibility index (Phi) is 5.05. The summed E-state index contributed by atoms with van der Waals surface area (Å²) in [6.07, 6.45) is 1.28. The van der Waals surface area contributed by atoms with Gasteiger partial charge in [-0.1, -0.05) is 24.9 Å². The van der Waals surface area contributed by atoms with Gasteiger partial charge >= 0.3 is 6.09 Å². The summed E-state index contributed by atoms with van der Waals surface area (Å²) in [5, 5.41) is 2.64. The summed E-state index contributed by atoms with van der Waals surface area (Å²) >= 11 is 5.69. The van der Waals surface area contributed by atoms with E-state index >= 15 is 0 Å². The van der Waals surface area contributed by atoms with Crippen LogP contribution in [0.5, 0.6) is 5.75 Å². The topological polar surface area (TPSA) is 38.3 Å². The van der Waals surface area contributed by atoms with Crippen molar-refractivity contribution in [3.05, 3.63) is 29.0 Å². The summed E-state index contributed by atoms with van der Waals surface area (Å²) in [4.78, 5) is 11.2. The second-order valence-corrected chi connectivity index (χ2v) is 3.65. The molecule has 1 rings (SSSR count). The van der Waals surface area contributed by atoms with Crippen LogP contribution < -0.4 is 10.1 Å². The number of carbonyl (C=O) groups is 1. The van der Waals surface area contributed by atoms with Crippen molar-refractivity contribution in [2.45, 2.75) is 19.8 Å². The van der Waals surface area contributed by atoms with E-state index in [1.807, 2.05) is 6.92 Å². The van der Waals surface area contributed by atoms with E-state index < -0.39 is 11.9 Å². The first-order valence-corrected chi connectivity index (χ1v) is 5.42. The highest BCUT2D eigenvalue weighted by atomic mass is 35.5. The first kappa shape index (κ1) is 12.8. The van der Waals surface area contributed by atoms with Crippen molar-refractivity contribution in [2.75, 3.05) is 6.54 Å². The van der Waals surface area contributed by atoms with Crippen molar-refractivity contribution in [3.8, 4) is 5.75 Å². The van der Waals surface area contributed by atoms with Gasteiger partial charge in [-0.05, 0) is 24.6 Å². The lowest BCUT2D eigenvalue weighted by molar-refractivity contribution is 0.200. The SMILES string of the molecule is CCCCNC(=O)Oc1ccc(F)cc1Cl. The standard InChI is InChI=1S/C11H13ClFNO2/c1-2-3-6-14-11(15)16-10-5-4-8(13)7-9(10)12/h4-5,7H,2-3,6H2,1H3,(H,14,15). The van der Waals surface area contributed by atoms with Gasteiger partial charge in [-0.3, -0.25) is 0 Å². The van der Waals surface area contributed by atoms with Crippen molar-refractivity contribution >= 4 is 17.7 Å². The van der Waals surface area contributed by atoms with Crippen LogP contribution in [0.4, 0.5) is 9.18 Å². The molecular formula is C11H13ClFNO2. The molecule has 1 N–H and O–H groups in total. The van der Waals surface area contributed by atoms with E-state index in [9.17, 15) is 9.18 Å². The molecule has 0 aliphatic carbocycles. The highest BCUT2D eigenvalue weighted by Crippen LogP contribution is 2.24. The molecule has 88 valence electrons. The molecule has 0 bridgehead atoms. The summed E-state index contributed by atoms with van der Waals surface area (Å²) in [6.45, 7) is 2.57. The van der Waals surface area contributed by atoms with Crippen LogP contribution >= 0.6 is 11.6 Å². The molecule has 1 aromatic rings. The summed E-state index contributed by atoms with van der Waals surface area (Å²) < 4.78 is 17.6. The molecule has 16 heavy (non-hydrogen) atoms. The molecule has 0 saturated heterocycles. The number of halogens is 2. The first-order chi connectivity index (χ1) is 7.63. The van der Waals surface area contributed by atoms with Crippen LogP contribution in [0.25, 0.3) is 0 Å². The quantitative estimate of drug-likeness (QED) is 0.826. The predicted molar refractivity (Wildman–Crippen MR) is 60.3 cm³/mol. The lowest BCUT2D eigenvalue weighted by Gasteiger charge is -2.07. The first-order valence-electron chi connectivity index (χ1n) is 5.04. The molecule has 0 atom stereocenters. The Morgan fingerprint density at radius 1 is 1.56 bits per heavy atom. The molecule has 0 aliphatic heterocycles. The van der Waals surface area contributed by atoms with E-state index in [2.05, 4.69) is 5.32 Å². The maximum absolute atomic E-state index is 12.7. The van der Waals surface area contributed by atoms with Gasteiger partial charge in [0.15, 0.2) is 5.75 Å².